The molecular weight excluding hydrogens is 548 g/mol. The maximum absolute atomic E-state index is 13.4. The fourth-order valence-corrected chi connectivity index (χ4v) is 3.95. The van der Waals surface area contributed by atoms with Crippen LogP contribution < -0.4 is 10.1 Å². The highest BCUT2D eigenvalue weighted by Crippen LogP contribution is 2.22. The monoisotopic (exact) mass is 572 g/mol. The van der Waals surface area contributed by atoms with Gasteiger partial charge in [-0.25, -0.2) is 0 Å². The normalized spacial score (nSPS) is 11.5. The van der Waals surface area contributed by atoms with Crippen molar-refractivity contribution in [3.63, 3.8) is 0 Å². The summed E-state index contributed by atoms with van der Waals surface area (Å²) in [5.74, 6) is 0.124. The highest BCUT2D eigenvalue weighted by Gasteiger charge is 2.30. The summed E-state index contributed by atoms with van der Waals surface area (Å²) in [5, 5.41) is 2.72. The Hall–Kier alpha value is -2.64. The minimum absolute atomic E-state index is 0.167. The molecule has 0 aromatic heterocycles. The first kappa shape index (κ1) is 25.0. The van der Waals surface area contributed by atoms with E-state index in [1.54, 1.807) is 11.9 Å². The summed E-state index contributed by atoms with van der Waals surface area (Å²) in [5.41, 5.74) is 2.91. The van der Waals surface area contributed by atoms with Gasteiger partial charge < -0.3 is 15.0 Å². The molecule has 0 bridgehead atoms. The molecule has 0 heterocycles. The average Bonchev–Trinajstić information content (AvgIpc) is 2.83. The van der Waals surface area contributed by atoms with E-state index >= 15 is 0 Å². The van der Waals surface area contributed by atoms with Gasteiger partial charge in [0.2, 0.25) is 5.91 Å². The van der Waals surface area contributed by atoms with Gasteiger partial charge in [-0.2, -0.15) is 0 Å². The van der Waals surface area contributed by atoms with Crippen LogP contribution in [0.5, 0.6) is 5.75 Å². The third-order valence-electron chi connectivity index (χ3n) is 5.28. The molecule has 0 aliphatic heterocycles. The van der Waals surface area contributed by atoms with Crippen molar-refractivity contribution in [1.29, 1.82) is 0 Å². The number of ether oxygens (including phenoxy) is 1. The summed E-state index contributed by atoms with van der Waals surface area (Å²) < 4.78 is 7.73. The van der Waals surface area contributed by atoms with Crippen molar-refractivity contribution in [3.05, 3.63) is 98.4 Å². The smallest absolute Gasteiger partial charge is 0.261 e. The molecule has 172 valence electrons. The zero-order valence-electron chi connectivity index (χ0n) is 18.6. The number of hydrogen-bond acceptors (Lipinski definition) is 3. The summed E-state index contributed by atoms with van der Waals surface area (Å²) in [7, 11) is 1.59. The quantitative estimate of drug-likeness (QED) is 0.379. The number of halogens is 2. The number of carbonyl (C=O) groups is 2. The van der Waals surface area contributed by atoms with Gasteiger partial charge in [0, 0.05) is 29.0 Å². The largest absolute Gasteiger partial charge is 0.484 e. The van der Waals surface area contributed by atoms with Crippen LogP contribution in [-0.2, 0) is 22.6 Å². The molecule has 2 amide bonds. The van der Waals surface area contributed by atoms with E-state index in [4.69, 9.17) is 4.74 Å². The van der Waals surface area contributed by atoms with Crippen molar-refractivity contribution in [2.45, 2.75) is 25.9 Å². The van der Waals surface area contributed by atoms with Gasteiger partial charge in [-0.15, -0.1) is 0 Å². The van der Waals surface area contributed by atoms with E-state index in [9.17, 15) is 9.59 Å². The van der Waals surface area contributed by atoms with E-state index in [1.807, 2.05) is 79.7 Å². The molecule has 1 atom stereocenters. The van der Waals surface area contributed by atoms with Gasteiger partial charge in [0.05, 0.1) is 0 Å². The van der Waals surface area contributed by atoms with Gasteiger partial charge in [0.1, 0.15) is 11.8 Å². The van der Waals surface area contributed by atoms with Gasteiger partial charge in [-0.05, 0) is 53.9 Å². The number of rotatable bonds is 9. The minimum atomic E-state index is -0.677. The fraction of sp³-hybridized carbons (Fsp3) is 0.231. The molecule has 5 nitrogen and oxygen atoms in total. The summed E-state index contributed by atoms with van der Waals surface area (Å²) in [4.78, 5) is 27.9. The van der Waals surface area contributed by atoms with Crippen molar-refractivity contribution in [2.24, 2.45) is 0 Å². The Bertz CT molecular complexity index is 1090. The topological polar surface area (TPSA) is 58.6 Å². The van der Waals surface area contributed by atoms with Crippen LogP contribution >= 0.6 is 31.9 Å². The second kappa shape index (κ2) is 12.0. The first-order valence-corrected chi connectivity index (χ1v) is 12.1. The van der Waals surface area contributed by atoms with Crippen LogP contribution in [0.3, 0.4) is 0 Å². The molecule has 3 rings (SSSR count). The second-order valence-electron chi connectivity index (χ2n) is 7.67. The van der Waals surface area contributed by atoms with Crippen LogP contribution in [0.1, 0.15) is 16.7 Å². The SMILES string of the molecule is CNC(=O)[C@@H](Cc1ccccc1)N(Cc1ccc(Br)cc1)C(=O)COc1ccc(Br)c(C)c1. The van der Waals surface area contributed by atoms with E-state index < -0.39 is 6.04 Å². The summed E-state index contributed by atoms with van der Waals surface area (Å²) in [6, 6.07) is 22.3. The molecule has 0 unspecified atom stereocenters. The van der Waals surface area contributed by atoms with E-state index in [0.29, 0.717) is 18.7 Å². The van der Waals surface area contributed by atoms with E-state index in [0.717, 1.165) is 25.6 Å². The summed E-state index contributed by atoms with van der Waals surface area (Å²) in [6.07, 6.45) is 0.403. The van der Waals surface area contributed by atoms with E-state index in [-0.39, 0.29) is 18.4 Å². The second-order valence-corrected chi connectivity index (χ2v) is 9.44. The molecule has 1 N–H and O–H groups in total. The molecule has 3 aromatic rings. The zero-order valence-corrected chi connectivity index (χ0v) is 21.7. The Morgan fingerprint density at radius 1 is 0.970 bits per heavy atom. The highest BCUT2D eigenvalue weighted by atomic mass is 79.9. The van der Waals surface area contributed by atoms with E-state index in [2.05, 4.69) is 37.2 Å². The van der Waals surface area contributed by atoms with Gasteiger partial charge >= 0.3 is 0 Å². The lowest BCUT2D eigenvalue weighted by Crippen LogP contribution is -2.51. The number of nitrogens with one attached hydrogen (secondary N) is 1. The fourth-order valence-electron chi connectivity index (χ4n) is 3.44. The number of hydrogen-bond donors (Lipinski definition) is 1. The average molecular weight is 574 g/mol. The Kier molecular flexibility index (Phi) is 9.09. The van der Waals surface area contributed by atoms with Crippen molar-refractivity contribution >= 4 is 43.7 Å². The van der Waals surface area contributed by atoms with Crippen LogP contribution in [0.15, 0.2) is 81.7 Å². The summed E-state index contributed by atoms with van der Waals surface area (Å²) in [6.45, 7) is 2.08. The Morgan fingerprint density at radius 2 is 1.67 bits per heavy atom. The Balaban J connectivity index is 1.86. The number of benzene rings is 3. The van der Waals surface area contributed by atoms with Crippen LogP contribution in [0, 0.1) is 6.92 Å². The third kappa shape index (κ3) is 7.17. The lowest BCUT2D eigenvalue weighted by molar-refractivity contribution is -0.142. The number of likely N-dealkylation sites (N-methyl/N-ethyl adjacent to an activating group) is 1. The van der Waals surface area contributed by atoms with Gasteiger partial charge in [0.25, 0.3) is 5.91 Å². The third-order valence-corrected chi connectivity index (χ3v) is 6.69. The molecule has 0 aliphatic carbocycles. The van der Waals surface area contributed by atoms with Gasteiger partial charge in [-0.3, -0.25) is 9.59 Å². The van der Waals surface area contributed by atoms with Crippen LogP contribution in [0.4, 0.5) is 0 Å². The van der Waals surface area contributed by atoms with Gasteiger partial charge in [0.15, 0.2) is 6.61 Å². The van der Waals surface area contributed by atoms with Crippen LogP contribution in [0.2, 0.25) is 0 Å². The molecule has 0 radical (unpaired) electrons. The number of nitrogens with zero attached hydrogens (tertiary/aromatic N) is 1. The van der Waals surface area contributed by atoms with Crippen molar-refractivity contribution in [3.8, 4) is 5.75 Å². The predicted octanol–water partition coefficient (Wildman–Crippen LogP) is 5.28. The Morgan fingerprint density at radius 3 is 2.30 bits per heavy atom. The van der Waals surface area contributed by atoms with Crippen LogP contribution in [0.25, 0.3) is 0 Å². The highest BCUT2D eigenvalue weighted by molar-refractivity contribution is 9.10. The van der Waals surface area contributed by atoms with E-state index in [1.165, 1.54) is 0 Å². The lowest BCUT2D eigenvalue weighted by atomic mass is 10.0. The first-order chi connectivity index (χ1) is 15.9. The van der Waals surface area contributed by atoms with Crippen molar-refractivity contribution < 1.29 is 14.3 Å². The standard InChI is InChI=1S/C26H26Br2N2O3/c1-18-14-22(12-13-23(18)28)33-17-25(31)30(16-20-8-10-21(27)11-9-20)24(26(32)29-2)15-19-6-4-3-5-7-19/h3-14,24H,15-17H2,1-2H3,(H,29,32)/t24-/m1/s1. The maximum Gasteiger partial charge on any atom is 0.261 e. The zero-order chi connectivity index (χ0) is 23.8. The molecule has 3 aromatic carbocycles. The van der Waals surface area contributed by atoms with Crippen molar-refractivity contribution in [1.82, 2.24) is 10.2 Å². The van der Waals surface area contributed by atoms with Crippen molar-refractivity contribution in [2.75, 3.05) is 13.7 Å². The first-order valence-electron chi connectivity index (χ1n) is 10.6. The predicted molar refractivity (Wildman–Crippen MR) is 137 cm³/mol. The summed E-state index contributed by atoms with van der Waals surface area (Å²) >= 11 is 6.91. The van der Waals surface area contributed by atoms with Gasteiger partial charge in [-0.1, -0.05) is 74.3 Å². The molecule has 7 heteroatoms. The molecule has 33 heavy (non-hydrogen) atoms. The Labute approximate surface area is 211 Å². The number of aryl methyl sites for hydroxylation is 1. The molecule has 0 aliphatic rings. The van der Waals surface area contributed by atoms with Crippen LogP contribution in [-0.4, -0.2) is 36.4 Å². The minimum Gasteiger partial charge on any atom is -0.484 e. The lowest BCUT2D eigenvalue weighted by Gasteiger charge is -2.31. The number of carbonyl (C=O) groups excluding carboxylic acids is 2. The molecule has 0 saturated carbocycles. The molecule has 0 spiro atoms. The maximum atomic E-state index is 13.4. The molecular formula is C26H26Br2N2O3. The molecule has 0 saturated heterocycles. The molecule has 0 fully saturated rings. The number of amides is 2.